The number of carbonyl (C=O) groups excluding carboxylic acids is 1. The van der Waals surface area contributed by atoms with Crippen LogP contribution in [0.4, 0.5) is 4.39 Å². The zero-order valence-electron chi connectivity index (χ0n) is 13.4. The van der Waals surface area contributed by atoms with Gasteiger partial charge in [-0.3, -0.25) is 9.69 Å². The molecule has 0 aliphatic carbocycles. The molecule has 1 aliphatic rings. The van der Waals surface area contributed by atoms with E-state index in [2.05, 4.69) is 20.6 Å². The number of hydrogen-bond donors (Lipinski definition) is 1. The number of nitrogens with one attached hydrogen (secondary N) is 1. The molecule has 2 aromatic heterocycles. The quantitative estimate of drug-likeness (QED) is 0.820. The maximum absolute atomic E-state index is 13.8. The Morgan fingerprint density at radius 3 is 3.00 bits per heavy atom. The second-order valence-electron chi connectivity index (χ2n) is 5.59. The van der Waals surface area contributed by atoms with Gasteiger partial charge in [-0.15, -0.1) is 0 Å². The van der Waals surface area contributed by atoms with Gasteiger partial charge in [0.25, 0.3) is 11.8 Å². The second kappa shape index (κ2) is 6.95. The van der Waals surface area contributed by atoms with Gasteiger partial charge in [-0.1, -0.05) is 5.16 Å². The summed E-state index contributed by atoms with van der Waals surface area (Å²) in [4.78, 5) is 18.0. The molecular weight excluding hydrogens is 321 g/mol. The van der Waals surface area contributed by atoms with Gasteiger partial charge in [0.1, 0.15) is 6.17 Å². The number of rotatable bonds is 6. The molecular formula is C14H18FN5O4. The summed E-state index contributed by atoms with van der Waals surface area (Å²) in [5.74, 6) is 0.799. The van der Waals surface area contributed by atoms with Gasteiger partial charge in [0, 0.05) is 26.1 Å². The van der Waals surface area contributed by atoms with E-state index in [4.69, 9.17) is 13.8 Å². The fourth-order valence-corrected chi connectivity index (χ4v) is 2.68. The Labute approximate surface area is 137 Å². The standard InChI is InChI=1S/C14H18FN5O4/c1-8-17-12(18-23-8)7-20-6-9(15)3-10(20)5-16-14(21)11-4-13(22-2)19-24-11/h4,9-10H,3,5-7H2,1-2H3,(H,16,21)/t9-,10-/m0/s1. The maximum Gasteiger partial charge on any atom is 0.290 e. The van der Waals surface area contributed by atoms with Crippen molar-refractivity contribution >= 4 is 5.91 Å². The minimum Gasteiger partial charge on any atom is -0.479 e. The number of methoxy groups -OCH3 is 1. The molecule has 0 spiro atoms. The molecule has 1 aliphatic heterocycles. The van der Waals surface area contributed by atoms with Crippen molar-refractivity contribution in [3.8, 4) is 5.88 Å². The first kappa shape index (κ1) is 16.4. The summed E-state index contributed by atoms with van der Waals surface area (Å²) in [6.07, 6.45) is -0.623. The van der Waals surface area contributed by atoms with Crippen LogP contribution in [-0.2, 0) is 6.54 Å². The number of likely N-dealkylation sites (tertiary alicyclic amines) is 1. The van der Waals surface area contributed by atoms with Crippen LogP contribution in [0.3, 0.4) is 0 Å². The maximum atomic E-state index is 13.8. The number of aryl methyl sites for hydroxylation is 1. The fourth-order valence-electron chi connectivity index (χ4n) is 2.68. The molecule has 0 saturated carbocycles. The lowest BCUT2D eigenvalue weighted by Gasteiger charge is -2.22. The summed E-state index contributed by atoms with van der Waals surface area (Å²) < 4.78 is 28.4. The Morgan fingerprint density at radius 2 is 2.33 bits per heavy atom. The number of hydrogen-bond acceptors (Lipinski definition) is 8. The van der Waals surface area contributed by atoms with Gasteiger partial charge in [-0.2, -0.15) is 4.98 Å². The Bertz CT molecular complexity index is 703. The smallest absolute Gasteiger partial charge is 0.290 e. The third-order valence-electron chi connectivity index (χ3n) is 3.81. The van der Waals surface area contributed by atoms with E-state index >= 15 is 0 Å². The van der Waals surface area contributed by atoms with Crippen LogP contribution in [0, 0.1) is 6.92 Å². The molecule has 0 bridgehead atoms. The van der Waals surface area contributed by atoms with Gasteiger partial charge >= 0.3 is 0 Å². The third-order valence-corrected chi connectivity index (χ3v) is 3.81. The van der Waals surface area contributed by atoms with Gasteiger partial charge in [0.15, 0.2) is 5.82 Å². The number of carbonyl (C=O) groups is 1. The lowest BCUT2D eigenvalue weighted by molar-refractivity contribution is 0.0902. The Kier molecular flexibility index (Phi) is 4.74. The molecule has 24 heavy (non-hydrogen) atoms. The monoisotopic (exact) mass is 339 g/mol. The highest BCUT2D eigenvalue weighted by Gasteiger charge is 2.33. The number of ether oxygens (including phenoxy) is 1. The first-order valence-electron chi connectivity index (χ1n) is 7.51. The Morgan fingerprint density at radius 1 is 1.50 bits per heavy atom. The normalized spacial score (nSPS) is 21.1. The predicted molar refractivity (Wildman–Crippen MR) is 78.1 cm³/mol. The molecule has 130 valence electrons. The molecule has 2 atom stereocenters. The molecule has 0 radical (unpaired) electrons. The SMILES string of the molecule is COc1cc(C(=O)NC[C@@H]2C[C@H](F)CN2Cc2noc(C)n2)on1. The summed E-state index contributed by atoms with van der Waals surface area (Å²) >= 11 is 0. The van der Waals surface area contributed by atoms with Crippen molar-refractivity contribution in [3.63, 3.8) is 0 Å². The minimum absolute atomic E-state index is 0.0435. The van der Waals surface area contributed by atoms with Crippen LogP contribution < -0.4 is 10.1 Å². The highest BCUT2D eigenvalue weighted by molar-refractivity contribution is 5.91. The van der Waals surface area contributed by atoms with Crippen molar-refractivity contribution in [2.75, 3.05) is 20.2 Å². The van der Waals surface area contributed by atoms with Gasteiger partial charge in [-0.05, 0) is 11.6 Å². The van der Waals surface area contributed by atoms with E-state index < -0.39 is 12.1 Å². The molecule has 9 nitrogen and oxygen atoms in total. The summed E-state index contributed by atoms with van der Waals surface area (Å²) in [6.45, 7) is 2.61. The molecule has 3 rings (SSSR count). The molecule has 1 amide bonds. The minimum atomic E-state index is -0.953. The second-order valence-corrected chi connectivity index (χ2v) is 5.59. The number of nitrogens with zero attached hydrogens (tertiary/aromatic N) is 4. The Balaban J connectivity index is 1.57. The van der Waals surface area contributed by atoms with Crippen LogP contribution in [0.25, 0.3) is 0 Å². The fraction of sp³-hybridized carbons (Fsp3) is 0.571. The largest absolute Gasteiger partial charge is 0.479 e. The summed E-state index contributed by atoms with van der Waals surface area (Å²) in [6, 6.07) is 1.23. The van der Waals surface area contributed by atoms with Crippen molar-refractivity contribution in [1.82, 2.24) is 25.5 Å². The Hall–Kier alpha value is -2.49. The van der Waals surface area contributed by atoms with Crippen LogP contribution >= 0.6 is 0 Å². The highest BCUT2D eigenvalue weighted by atomic mass is 19.1. The van der Waals surface area contributed by atoms with Crippen LogP contribution in [-0.4, -0.2) is 58.5 Å². The van der Waals surface area contributed by atoms with Crippen LogP contribution in [0.1, 0.15) is 28.7 Å². The van der Waals surface area contributed by atoms with Gasteiger partial charge in [-0.25, -0.2) is 4.39 Å². The van der Waals surface area contributed by atoms with E-state index in [9.17, 15) is 9.18 Å². The van der Waals surface area contributed by atoms with Crippen LogP contribution in [0.15, 0.2) is 15.1 Å². The summed E-state index contributed by atoms with van der Waals surface area (Å²) in [5.41, 5.74) is 0. The van der Waals surface area contributed by atoms with E-state index in [1.54, 1.807) is 6.92 Å². The van der Waals surface area contributed by atoms with Crippen molar-refractivity contribution in [1.29, 1.82) is 0 Å². The lowest BCUT2D eigenvalue weighted by Crippen LogP contribution is -2.39. The van der Waals surface area contributed by atoms with E-state index in [1.807, 2.05) is 4.90 Å². The molecule has 10 heteroatoms. The van der Waals surface area contributed by atoms with Crippen molar-refractivity contribution < 1.29 is 23.0 Å². The number of alkyl halides is 1. The zero-order chi connectivity index (χ0) is 17.1. The average Bonchev–Trinajstić information content (AvgIpc) is 3.26. The number of aromatic nitrogens is 3. The summed E-state index contributed by atoms with van der Waals surface area (Å²) in [5, 5.41) is 10.1. The zero-order valence-corrected chi connectivity index (χ0v) is 13.4. The molecule has 0 unspecified atom stereocenters. The predicted octanol–water partition coefficient (Wildman–Crippen LogP) is 0.717. The average molecular weight is 339 g/mol. The summed E-state index contributed by atoms with van der Waals surface area (Å²) in [7, 11) is 1.43. The molecule has 1 saturated heterocycles. The molecule has 3 heterocycles. The van der Waals surface area contributed by atoms with Gasteiger partial charge < -0.3 is 19.1 Å². The first-order chi connectivity index (χ1) is 11.5. The van der Waals surface area contributed by atoms with E-state index in [1.165, 1.54) is 13.2 Å². The molecule has 1 N–H and O–H groups in total. The topological polar surface area (TPSA) is 107 Å². The molecule has 2 aromatic rings. The molecule has 0 aromatic carbocycles. The van der Waals surface area contributed by atoms with Crippen molar-refractivity contribution in [3.05, 3.63) is 23.5 Å². The van der Waals surface area contributed by atoms with E-state index in [0.717, 1.165) is 0 Å². The molecule has 1 fully saturated rings. The highest BCUT2D eigenvalue weighted by Crippen LogP contribution is 2.22. The van der Waals surface area contributed by atoms with Gasteiger partial charge in [0.05, 0.1) is 19.7 Å². The first-order valence-corrected chi connectivity index (χ1v) is 7.51. The number of amides is 1. The van der Waals surface area contributed by atoms with Crippen LogP contribution in [0.2, 0.25) is 0 Å². The van der Waals surface area contributed by atoms with Crippen molar-refractivity contribution in [2.45, 2.75) is 32.1 Å². The van der Waals surface area contributed by atoms with Crippen LogP contribution in [0.5, 0.6) is 5.88 Å². The van der Waals surface area contributed by atoms with E-state index in [0.29, 0.717) is 24.7 Å². The van der Waals surface area contributed by atoms with Crippen molar-refractivity contribution in [2.24, 2.45) is 0 Å². The van der Waals surface area contributed by atoms with E-state index in [-0.39, 0.29) is 30.8 Å². The van der Waals surface area contributed by atoms with Gasteiger partial charge in [0.2, 0.25) is 11.7 Å². The lowest BCUT2D eigenvalue weighted by atomic mass is 10.2. The number of halogens is 1. The third kappa shape index (κ3) is 3.70.